The first kappa shape index (κ1) is 21.4. The number of ether oxygens (including phenoxy) is 3. The first-order chi connectivity index (χ1) is 12.6. The van der Waals surface area contributed by atoms with Crippen LogP contribution in [0.25, 0.3) is 0 Å². The lowest BCUT2D eigenvalue weighted by Crippen LogP contribution is -2.38. The molecule has 27 heavy (non-hydrogen) atoms. The van der Waals surface area contributed by atoms with E-state index in [1.165, 1.54) is 16.7 Å². The molecular weight excluding hydrogens is 366 g/mol. The van der Waals surface area contributed by atoms with Gasteiger partial charge >= 0.3 is 0 Å². The van der Waals surface area contributed by atoms with Crippen LogP contribution in [0.5, 0.6) is 17.2 Å². The molecule has 0 aromatic heterocycles. The third-order valence-electron chi connectivity index (χ3n) is 4.73. The summed E-state index contributed by atoms with van der Waals surface area (Å²) in [5.74, 6) is 2.30. The summed E-state index contributed by atoms with van der Waals surface area (Å²) in [5.41, 5.74) is 3.70. The first-order valence-electron chi connectivity index (χ1n) is 8.92. The Labute approximate surface area is 167 Å². The monoisotopic (exact) mass is 393 g/mol. The van der Waals surface area contributed by atoms with Gasteiger partial charge in [0.05, 0.1) is 14.2 Å². The van der Waals surface area contributed by atoms with Gasteiger partial charge in [-0.15, -0.1) is 12.4 Å². The molecule has 0 aliphatic carbocycles. The van der Waals surface area contributed by atoms with Crippen molar-refractivity contribution < 1.29 is 19.3 Å². The van der Waals surface area contributed by atoms with E-state index in [2.05, 4.69) is 11.0 Å². The number of aliphatic hydroxyl groups is 1. The highest BCUT2D eigenvalue weighted by molar-refractivity contribution is 5.85. The van der Waals surface area contributed by atoms with Crippen molar-refractivity contribution in [2.75, 3.05) is 33.9 Å². The summed E-state index contributed by atoms with van der Waals surface area (Å²) in [7, 11) is 3.31. The van der Waals surface area contributed by atoms with Crippen molar-refractivity contribution in [1.82, 2.24) is 4.90 Å². The van der Waals surface area contributed by atoms with E-state index in [-0.39, 0.29) is 12.4 Å². The molecule has 2 aromatic carbocycles. The topological polar surface area (TPSA) is 51.2 Å². The Balaban J connectivity index is 0.00000261. The molecule has 1 unspecified atom stereocenters. The fourth-order valence-electron chi connectivity index (χ4n) is 3.28. The molecular formula is C21H28ClNO4. The fourth-order valence-corrected chi connectivity index (χ4v) is 3.28. The zero-order valence-electron chi connectivity index (χ0n) is 16.1. The van der Waals surface area contributed by atoms with Gasteiger partial charge in [-0.1, -0.05) is 17.7 Å². The second kappa shape index (κ2) is 9.83. The average molecular weight is 394 g/mol. The minimum absolute atomic E-state index is 0. The van der Waals surface area contributed by atoms with E-state index in [0.29, 0.717) is 13.2 Å². The van der Waals surface area contributed by atoms with Crippen LogP contribution in [0.3, 0.4) is 0 Å². The summed E-state index contributed by atoms with van der Waals surface area (Å²) >= 11 is 0. The normalized spacial score (nSPS) is 14.7. The van der Waals surface area contributed by atoms with Crippen molar-refractivity contribution >= 4 is 12.4 Å². The maximum Gasteiger partial charge on any atom is 0.161 e. The molecule has 3 rings (SSSR count). The standard InChI is InChI=1S/C21H27NO4.ClH/c1-15-4-6-19(7-5-15)26-14-18(23)13-22-9-8-16-10-20(24-2)21(25-3)11-17(16)12-22;/h4-7,10-11,18,23H,8-9,12-14H2,1-3H3;1H. The van der Waals surface area contributed by atoms with E-state index in [9.17, 15) is 5.11 Å². The zero-order chi connectivity index (χ0) is 18.5. The molecule has 1 aliphatic heterocycles. The molecule has 1 N–H and O–H groups in total. The number of benzene rings is 2. The average Bonchev–Trinajstić information content (AvgIpc) is 2.66. The predicted molar refractivity (Wildman–Crippen MR) is 108 cm³/mol. The summed E-state index contributed by atoms with van der Waals surface area (Å²) < 4.78 is 16.5. The summed E-state index contributed by atoms with van der Waals surface area (Å²) in [4.78, 5) is 2.25. The van der Waals surface area contributed by atoms with E-state index >= 15 is 0 Å². The highest BCUT2D eigenvalue weighted by Crippen LogP contribution is 2.33. The molecule has 148 valence electrons. The Morgan fingerprint density at radius 1 is 1.04 bits per heavy atom. The van der Waals surface area contributed by atoms with Crippen LogP contribution in [-0.4, -0.2) is 50.0 Å². The number of halogens is 1. The second-order valence-electron chi connectivity index (χ2n) is 6.74. The van der Waals surface area contributed by atoms with Crippen molar-refractivity contribution in [3.05, 3.63) is 53.1 Å². The van der Waals surface area contributed by atoms with Crippen molar-refractivity contribution in [3.63, 3.8) is 0 Å². The van der Waals surface area contributed by atoms with Crippen LogP contribution in [0.15, 0.2) is 36.4 Å². The predicted octanol–water partition coefficient (Wildman–Crippen LogP) is 3.23. The molecule has 0 radical (unpaired) electrons. The molecule has 1 aliphatic rings. The van der Waals surface area contributed by atoms with Gasteiger partial charge in [-0.05, 0) is 48.7 Å². The molecule has 2 aromatic rings. The van der Waals surface area contributed by atoms with Crippen molar-refractivity contribution in [3.8, 4) is 17.2 Å². The van der Waals surface area contributed by atoms with Crippen molar-refractivity contribution in [1.29, 1.82) is 0 Å². The number of aliphatic hydroxyl groups excluding tert-OH is 1. The maximum absolute atomic E-state index is 10.3. The van der Waals surface area contributed by atoms with Crippen molar-refractivity contribution in [2.24, 2.45) is 0 Å². The maximum atomic E-state index is 10.3. The number of hydrogen-bond acceptors (Lipinski definition) is 5. The number of nitrogens with zero attached hydrogens (tertiary/aromatic N) is 1. The van der Waals surface area contributed by atoms with E-state index < -0.39 is 6.10 Å². The molecule has 0 spiro atoms. The lowest BCUT2D eigenvalue weighted by Gasteiger charge is -2.31. The highest BCUT2D eigenvalue weighted by atomic mass is 35.5. The van der Waals surface area contributed by atoms with Gasteiger partial charge in [-0.25, -0.2) is 0 Å². The third kappa shape index (κ3) is 5.51. The van der Waals surface area contributed by atoms with Gasteiger partial charge in [0.2, 0.25) is 0 Å². The molecule has 0 amide bonds. The number of hydrogen-bond donors (Lipinski definition) is 1. The Hall–Kier alpha value is -1.95. The van der Waals surface area contributed by atoms with Gasteiger partial charge in [-0.2, -0.15) is 0 Å². The van der Waals surface area contributed by atoms with E-state index in [1.54, 1.807) is 14.2 Å². The van der Waals surface area contributed by atoms with E-state index in [4.69, 9.17) is 14.2 Å². The van der Waals surface area contributed by atoms with Crippen molar-refractivity contribution in [2.45, 2.75) is 26.0 Å². The van der Waals surface area contributed by atoms with E-state index in [1.807, 2.05) is 37.3 Å². The molecule has 1 atom stereocenters. The lowest BCUT2D eigenvalue weighted by atomic mass is 9.98. The second-order valence-corrected chi connectivity index (χ2v) is 6.74. The van der Waals surface area contributed by atoms with Crippen LogP contribution < -0.4 is 14.2 Å². The summed E-state index contributed by atoms with van der Waals surface area (Å²) in [6.45, 7) is 4.61. The van der Waals surface area contributed by atoms with E-state index in [0.717, 1.165) is 36.8 Å². The van der Waals surface area contributed by atoms with Gasteiger partial charge < -0.3 is 19.3 Å². The summed E-state index contributed by atoms with van der Waals surface area (Å²) in [6.07, 6.45) is 0.402. The quantitative estimate of drug-likeness (QED) is 0.782. The summed E-state index contributed by atoms with van der Waals surface area (Å²) in [5, 5.41) is 10.3. The lowest BCUT2D eigenvalue weighted by molar-refractivity contribution is 0.0637. The van der Waals surface area contributed by atoms with Crippen LogP contribution >= 0.6 is 12.4 Å². The van der Waals surface area contributed by atoms with Crippen LogP contribution in [0.1, 0.15) is 16.7 Å². The minimum Gasteiger partial charge on any atom is -0.493 e. The molecule has 6 heteroatoms. The third-order valence-corrected chi connectivity index (χ3v) is 4.73. The smallest absolute Gasteiger partial charge is 0.161 e. The first-order valence-corrected chi connectivity index (χ1v) is 8.92. The SMILES string of the molecule is COc1cc2c(cc1OC)CN(CC(O)COc1ccc(C)cc1)CC2.Cl. The van der Waals surface area contributed by atoms with Crippen LogP contribution in [0.2, 0.25) is 0 Å². The summed E-state index contributed by atoms with van der Waals surface area (Å²) in [6, 6.07) is 12.0. The molecule has 0 saturated carbocycles. The van der Waals surface area contributed by atoms with Crippen LogP contribution in [-0.2, 0) is 13.0 Å². The molecule has 0 bridgehead atoms. The Kier molecular flexibility index (Phi) is 7.78. The molecule has 1 heterocycles. The van der Waals surface area contributed by atoms with Gasteiger partial charge in [0.1, 0.15) is 18.5 Å². The number of β-amino-alcohol motifs (C(OH)–C–C–N with tert-alkyl or cyclic N) is 1. The minimum atomic E-state index is -0.530. The number of rotatable bonds is 7. The number of methoxy groups -OCH3 is 2. The molecule has 0 saturated heterocycles. The van der Waals surface area contributed by atoms with Gasteiger partial charge in [-0.3, -0.25) is 4.90 Å². The van der Waals surface area contributed by atoms with Gasteiger partial charge in [0.15, 0.2) is 11.5 Å². The Bertz CT molecular complexity index is 736. The Morgan fingerprint density at radius 3 is 2.30 bits per heavy atom. The molecule has 5 nitrogen and oxygen atoms in total. The highest BCUT2D eigenvalue weighted by Gasteiger charge is 2.21. The Morgan fingerprint density at radius 2 is 1.67 bits per heavy atom. The number of aryl methyl sites for hydroxylation is 1. The van der Waals surface area contributed by atoms with Crippen LogP contribution in [0.4, 0.5) is 0 Å². The largest absolute Gasteiger partial charge is 0.493 e. The number of fused-ring (bicyclic) bond motifs is 1. The van der Waals surface area contributed by atoms with Crippen LogP contribution in [0, 0.1) is 6.92 Å². The van der Waals surface area contributed by atoms with Gasteiger partial charge in [0.25, 0.3) is 0 Å². The fraction of sp³-hybridized carbons (Fsp3) is 0.429. The van der Waals surface area contributed by atoms with Gasteiger partial charge in [0, 0.05) is 19.6 Å². The zero-order valence-corrected chi connectivity index (χ0v) is 16.9. The molecule has 0 fully saturated rings.